The van der Waals surface area contributed by atoms with E-state index in [1.165, 1.54) is 4.57 Å². The molecule has 1 fully saturated rings. The molecule has 3 rings (SSSR count). The molecule has 2 aromatic rings. The average Bonchev–Trinajstić information content (AvgIpc) is 3.13. The van der Waals surface area contributed by atoms with Crippen molar-refractivity contribution in [3.8, 4) is 11.5 Å². The zero-order valence-corrected chi connectivity index (χ0v) is 15.4. The number of nitrogens with zero attached hydrogens (tertiary/aromatic N) is 2. The van der Waals surface area contributed by atoms with Crippen LogP contribution in [0.1, 0.15) is 30.0 Å². The van der Waals surface area contributed by atoms with Gasteiger partial charge in [0, 0.05) is 24.4 Å². The predicted octanol–water partition coefficient (Wildman–Crippen LogP) is 2.54. The maximum atomic E-state index is 12.9. The number of aryl methyl sites for hydroxylation is 1. The van der Waals surface area contributed by atoms with Crippen LogP contribution in [0.15, 0.2) is 41.3 Å². The summed E-state index contributed by atoms with van der Waals surface area (Å²) in [5, 5.41) is 0. The van der Waals surface area contributed by atoms with Crippen molar-refractivity contribution >= 4 is 5.91 Å². The summed E-state index contributed by atoms with van der Waals surface area (Å²) in [5.41, 5.74) is 1.67. The third-order valence-corrected chi connectivity index (χ3v) is 4.83. The van der Waals surface area contributed by atoms with Crippen molar-refractivity contribution < 1.29 is 14.3 Å². The molecule has 1 unspecified atom stereocenters. The summed E-state index contributed by atoms with van der Waals surface area (Å²) in [6.45, 7) is 2.57. The molecule has 1 saturated heterocycles. The van der Waals surface area contributed by atoms with E-state index in [2.05, 4.69) is 0 Å². The first-order valence-corrected chi connectivity index (χ1v) is 8.72. The minimum atomic E-state index is -0.159. The van der Waals surface area contributed by atoms with Gasteiger partial charge < -0.3 is 18.9 Å². The van der Waals surface area contributed by atoms with E-state index >= 15 is 0 Å². The standard InChI is InChI=1S/C20H24N2O4/c1-14-8-10-21(19(23)11-14)13-20(24)22-9-4-5-17(22)16-12-15(25-2)6-7-18(16)26-3/h6-8,10-12,17H,4-5,9,13H2,1-3H3. The van der Waals surface area contributed by atoms with E-state index < -0.39 is 0 Å². The van der Waals surface area contributed by atoms with Crippen molar-refractivity contribution in [3.05, 3.63) is 58.0 Å². The van der Waals surface area contributed by atoms with Crippen LogP contribution in [0.5, 0.6) is 11.5 Å². The van der Waals surface area contributed by atoms with Gasteiger partial charge in [0.05, 0.1) is 20.3 Å². The van der Waals surface area contributed by atoms with Gasteiger partial charge in [-0.25, -0.2) is 0 Å². The quantitative estimate of drug-likeness (QED) is 0.826. The fraction of sp³-hybridized carbons (Fsp3) is 0.400. The van der Waals surface area contributed by atoms with E-state index in [4.69, 9.17) is 9.47 Å². The molecule has 6 nitrogen and oxygen atoms in total. The van der Waals surface area contributed by atoms with Crippen molar-refractivity contribution in [1.29, 1.82) is 0 Å². The second kappa shape index (κ2) is 7.64. The molecule has 1 amide bonds. The molecule has 1 aromatic heterocycles. The zero-order chi connectivity index (χ0) is 18.7. The number of likely N-dealkylation sites (tertiary alicyclic amines) is 1. The first kappa shape index (κ1) is 18.0. The molecule has 0 spiro atoms. The van der Waals surface area contributed by atoms with Crippen molar-refractivity contribution in [2.75, 3.05) is 20.8 Å². The van der Waals surface area contributed by atoms with E-state index in [-0.39, 0.29) is 24.1 Å². The van der Waals surface area contributed by atoms with Crippen LogP contribution in [-0.4, -0.2) is 36.1 Å². The molecule has 0 radical (unpaired) electrons. The number of methoxy groups -OCH3 is 2. The van der Waals surface area contributed by atoms with Crippen LogP contribution in [0.25, 0.3) is 0 Å². The number of benzene rings is 1. The maximum Gasteiger partial charge on any atom is 0.251 e. The lowest BCUT2D eigenvalue weighted by Crippen LogP contribution is -2.36. The Kier molecular flexibility index (Phi) is 5.30. The van der Waals surface area contributed by atoms with E-state index in [1.807, 2.05) is 36.1 Å². The van der Waals surface area contributed by atoms with Gasteiger partial charge >= 0.3 is 0 Å². The van der Waals surface area contributed by atoms with E-state index in [0.29, 0.717) is 6.54 Å². The van der Waals surface area contributed by atoms with Crippen molar-refractivity contribution in [1.82, 2.24) is 9.47 Å². The van der Waals surface area contributed by atoms with Crippen molar-refractivity contribution in [2.24, 2.45) is 0 Å². The molecular formula is C20H24N2O4. The molecule has 138 valence electrons. The summed E-state index contributed by atoms with van der Waals surface area (Å²) in [6.07, 6.45) is 3.45. The largest absolute Gasteiger partial charge is 0.497 e. The summed E-state index contributed by atoms with van der Waals surface area (Å²) in [7, 11) is 3.24. The Bertz CT molecular complexity index is 859. The van der Waals surface area contributed by atoms with E-state index in [1.54, 1.807) is 26.5 Å². The van der Waals surface area contributed by atoms with Gasteiger partial charge in [-0.05, 0) is 49.6 Å². The Morgan fingerprint density at radius 2 is 2.00 bits per heavy atom. The van der Waals surface area contributed by atoms with Gasteiger partial charge in [-0.3, -0.25) is 9.59 Å². The van der Waals surface area contributed by atoms with E-state index in [9.17, 15) is 9.59 Å². The van der Waals surface area contributed by atoms with Crippen LogP contribution in [-0.2, 0) is 11.3 Å². The van der Waals surface area contributed by atoms with Crippen LogP contribution >= 0.6 is 0 Å². The molecule has 0 saturated carbocycles. The van der Waals surface area contributed by atoms with Gasteiger partial charge in [0.15, 0.2) is 0 Å². The van der Waals surface area contributed by atoms with Crippen LogP contribution in [0.2, 0.25) is 0 Å². The third kappa shape index (κ3) is 3.59. The highest BCUT2D eigenvalue weighted by Crippen LogP contribution is 2.38. The molecule has 1 aliphatic heterocycles. The Morgan fingerprint density at radius 1 is 1.19 bits per heavy atom. The smallest absolute Gasteiger partial charge is 0.251 e. The monoisotopic (exact) mass is 356 g/mol. The number of carbonyl (C=O) groups excluding carboxylic acids is 1. The summed E-state index contributed by atoms with van der Waals surface area (Å²) >= 11 is 0. The first-order chi connectivity index (χ1) is 12.5. The van der Waals surface area contributed by atoms with Crippen LogP contribution in [0.3, 0.4) is 0 Å². The molecular weight excluding hydrogens is 332 g/mol. The minimum Gasteiger partial charge on any atom is -0.497 e. The second-order valence-corrected chi connectivity index (χ2v) is 6.52. The summed E-state index contributed by atoms with van der Waals surface area (Å²) in [6, 6.07) is 8.93. The average molecular weight is 356 g/mol. The second-order valence-electron chi connectivity index (χ2n) is 6.52. The summed E-state index contributed by atoms with van der Waals surface area (Å²) in [5.74, 6) is 1.40. The maximum absolute atomic E-state index is 12.9. The molecule has 2 heterocycles. The van der Waals surface area contributed by atoms with Gasteiger partial charge in [-0.1, -0.05) is 0 Å². The number of amides is 1. The van der Waals surface area contributed by atoms with Crippen LogP contribution in [0, 0.1) is 6.92 Å². The fourth-order valence-corrected chi connectivity index (χ4v) is 3.46. The predicted molar refractivity (Wildman–Crippen MR) is 98.7 cm³/mol. The van der Waals surface area contributed by atoms with E-state index in [0.717, 1.165) is 35.5 Å². The molecule has 26 heavy (non-hydrogen) atoms. The SMILES string of the molecule is COc1ccc(OC)c(C2CCCN2C(=O)Cn2ccc(C)cc2=O)c1. The number of hydrogen-bond donors (Lipinski definition) is 0. The van der Waals surface area contributed by atoms with Gasteiger partial charge in [0.1, 0.15) is 18.0 Å². The Balaban J connectivity index is 1.86. The van der Waals surface area contributed by atoms with Crippen LogP contribution in [0.4, 0.5) is 0 Å². The van der Waals surface area contributed by atoms with Crippen molar-refractivity contribution in [3.63, 3.8) is 0 Å². The highest BCUT2D eigenvalue weighted by atomic mass is 16.5. The Labute approximate surface area is 153 Å². The highest BCUT2D eigenvalue weighted by Gasteiger charge is 2.32. The lowest BCUT2D eigenvalue weighted by Gasteiger charge is -2.27. The lowest BCUT2D eigenvalue weighted by atomic mass is 10.0. The number of ether oxygens (including phenoxy) is 2. The lowest BCUT2D eigenvalue weighted by molar-refractivity contribution is -0.132. The Hall–Kier alpha value is -2.76. The van der Waals surface area contributed by atoms with Crippen LogP contribution < -0.4 is 15.0 Å². The number of aromatic nitrogens is 1. The molecule has 1 aliphatic rings. The molecule has 0 bridgehead atoms. The molecule has 0 N–H and O–H groups in total. The van der Waals surface area contributed by atoms with Gasteiger partial charge in [-0.15, -0.1) is 0 Å². The number of hydrogen-bond acceptors (Lipinski definition) is 4. The zero-order valence-electron chi connectivity index (χ0n) is 15.4. The summed E-state index contributed by atoms with van der Waals surface area (Å²) < 4.78 is 12.3. The summed E-state index contributed by atoms with van der Waals surface area (Å²) in [4.78, 5) is 26.8. The fourth-order valence-electron chi connectivity index (χ4n) is 3.46. The van der Waals surface area contributed by atoms with Crippen molar-refractivity contribution in [2.45, 2.75) is 32.4 Å². The molecule has 1 aromatic carbocycles. The third-order valence-electron chi connectivity index (χ3n) is 4.83. The topological polar surface area (TPSA) is 60.8 Å². The highest BCUT2D eigenvalue weighted by molar-refractivity contribution is 5.77. The number of rotatable bonds is 5. The number of carbonyl (C=O) groups is 1. The minimum absolute atomic E-state index is 0.0435. The normalized spacial score (nSPS) is 16.6. The molecule has 0 aliphatic carbocycles. The molecule has 1 atom stereocenters. The van der Waals surface area contributed by atoms with Gasteiger partial charge in [-0.2, -0.15) is 0 Å². The first-order valence-electron chi connectivity index (χ1n) is 8.72. The Morgan fingerprint density at radius 3 is 2.69 bits per heavy atom. The van der Waals surface area contributed by atoms with Gasteiger partial charge in [0.25, 0.3) is 5.56 Å². The number of pyridine rings is 1. The molecule has 6 heteroatoms. The van der Waals surface area contributed by atoms with Gasteiger partial charge in [0.2, 0.25) is 5.91 Å².